The molecule has 0 saturated carbocycles. The van der Waals surface area contributed by atoms with Crippen LogP contribution in [0.15, 0.2) is 42.5 Å². The number of hydrogen-bond acceptors (Lipinski definition) is 5. The van der Waals surface area contributed by atoms with Gasteiger partial charge in [0.25, 0.3) is 5.91 Å². The van der Waals surface area contributed by atoms with E-state index in [4.69, 9.17) is 27.9 Å². The van der Waals surface area contributed by atoms with Crippen LogP contribution in [0.5, 0.6) is 0 Å². The molecule has 36 heavy (non-hydrogen) atoms. The Kier molecular flexibility index (Phi) is 8.38. The van der Waals surface area contributed by atoms with Crippen LogP contribution in [0.2, 0.25) is 10.0 Å². The molecule has 0 unspecified atom stereocenters. The molecule has 0 aliphatic carbocycles. The molecule has 2 atom stereocenters. The van der Waals surface area contributed by atoms with Gasteiger partial charge in [-0.05, 0) is 48.2 Å². The van der Waals surface area contributed by atoms with E-state index in [-0.39, 0.29) is 28.0 Å². The fourth-order valence-corrected chi connectivity index (χ4v) is 5.02. The maximum Gasteiger partial charge on any atom is 0.337 e. The molecule has 2 amide bonds. The number of carbonyl (C=O) groups excluding carboxylic acids is 3. The topological polar surface area (TPSA) is 95.9 Å². The Bertz CT molecular complexity index is 1150. The van der Waals surface area contributed by atoms with Crippen molar-refractivity contribution in [3.8, 4) is 0 Å². The first-order valence-corrected chi connectivity index (χ1v) is 12.5. The average Bonchev–Trinajstić information content (AvgIpc) is 2.82. The number of likely N-dealkylation sites (tertiary alicyclic amines) is 1. The maximum atomic E-state index is 13.6. The number of carbonyl (C=O) groups is 3. The summed E-state index contributed by atoms with van der Waals surface area (Å²) in [6.45, 7) is 8.16. The molecule has 0 radical (unpaired) electrons. The third-order valence-corrected chi connectivity index (χ3v) is 7.35. The van der Waals surface area contributed by atoms with Gasteiger partial charge in [-0.2, -0.15) is 0 Å². The molecule has 1 aliphatic rings. The fourth-order valence-electron chi connectivity index (χ4n) is 4.66. The standard InChI is InChI=1S/C27H32Cl2N2O5/c1-16(2)22(30-23(32)17-12-18(25(34)36-5)14-21(29)13-17)24(33)31-11-10-27(35,26(3,4)15-31)19-6-8-20(28)9-7-19/h6-9,12-14,16,22,35H,10-11,15H2,1-5H3,(H,30,32)/t22-,27+/m1/s1. The number of ether oxygens (including phenoxy) is 1. The molecule has 194 valence electrons. The van der Waals surface area contributed by atoms with Crippen LogP contribution in [0.25, 0.3) is 0 Å². The van der Waals surface area contributed by atoms with Crippen molar-refractivity contribution in [2.75, 3.05) is 20.2 Å². The molecule has 0 aromatic heterocycles. The van der Waals surface area contributed by atoms with Crippen molar-refractivity contribution in [1.82, 2.24) is 10.2 Å². The molecule has 2 N–H and O–H groups in total. The van der Waals surface area contributed by atoms with E-state index >= 15 is 0 Å². The number of rotatable bonds is 6. The Hall–Kier alpha value is -2.61. The first kappa shape index (κ1) is 28.0. The Labute approximate surface area is 221 Å². The van der Waals surface area contributed by atoms with E-state index in [1.54, 1.807) is 17.0 Å². The summed E-state index contributed by atoms with van der Waals surface area (Å²) in [5.41, 5.74) is -0.766. The molecule has 0 bridgehead atoms. The van der Waals surface area contributed by atoms with Crippen LogP contribution in [0.4, 0.5) is 0 Å². The zero-order valence-corrected chi connectivity index (χ0v) is 22.6. The van der Waals surface area contributed by atoms with Gasteiger partial charge in [0, 0.05) is 34.1 Å². The summed E-state index contributed by atoms with van der Waals surface area (Å²) in [6.07, 6.45) is 0.336. The molecule has 1 fully saturated rings. The smallest absolute Gasteiger partial charge is 0.337 e. The van der Waals surface area contributed by atoms with E-state index in [9.17, 15) is 19.5 Å². The van der Waals surface area contributed by atoms with Crippen LogP contribution in [0.1, 0.15) is 60.4 Å². The highest BCUT2D eigenvalue weighted by Crippen LogP contribution is 2.46. The predicted molar refractivity (Wildman–Crippen MR) is 139 cm³/mol. The fraction of sp³-hybridized carbons (Fsp3) is 0.444. The predicted octanol–water partition coefficient (Wildman–Crippen LogP) is 4.68. The van der Waals surface area contributed by atoms with E-state index < -0.39 is 28.9 Å². The number of nitrogens with one attached hydrogen (secondary N) is 1. The van der Waals surface area contributed by atoms with Crippen molar-refractivity contribution in [1.29, 1.82) is 0 Å². The number of amides is 2. The second-order valence-electron chi connectivity index (χ2n) is 10.2. The van der Waals surface area contributed by atoms with Crippen molar-refractivity contribution in [2.45, 2.75) is 45.8 Å². The van der Waals surface area contributed by atoms with Gasteiger partial charge in [0.1, 0.15) is 6.04 Å². The summed E-state index contributed by atoms with van der Waals surface area (Å²) in [5.74, 6) is -1.59. The highest BCUT2D eigenvalue weighted by atomic mass is 35.5. The molecule has 1 heterocycles. The number of benzene rings is 2. The zero-order chi connectivity index (χ0) is 26.8. The number of esters is 1. The monoisotopic (exact) mass is 534 g/mol. The minimum Gasteiger partial charge on any atom is -0.465 e. The molecule has 9 heteroatoms. The normalized spacial score (nSPS) is 20.1. The zero-order valence-electron chi connectivity index (χ0n) is 21.1. The lowest BCUT2D eigenvalue weighted by molar-refractivity contribution is -0.155. The third kappa shape index (κ3) is 5.69. The Morgan fingerprint density at radius 3 is 2.19 bits per heavy atom. The SMILES string of the molecule is COC(=O)c1cc(Cl)cc(C(=O)N[C@@H](C(=O)N2CC[C@](O)(c3ccc(Cl)cc3)C(C)(C)C2)C(C)C)c1. The van der Waals surface area contributed by atoms with E-state index in [0.717, 1.165) is 5.56 Å². The second-order valence-corrected chi connectivity index (χ2v) is 11.0. The van der Waals surface area contributed by atoms with Crippen molar-refractivity contribution >= 4 is 41.0 Å². The van der Waals surface area contributed by atoms with E-state index in [1.807, 2.05) is 39.8 Å². The lowest BCUT2D eigenvalue weighted by atomic mass is 9.66. The molecular weight excluding hydrogens is 503 g/mol. The van der Waals surface area contributed by atoms with Crippen LogP contribution < -0.4 is 5.32 Å². The van der Waals surface area contributed by atoms with Gasteiger partial charge in [-0.15, -0.1) is 0 Å². The Balaban J connectivity index is 1.79. The van der Waals surface area contributed by atoms with Crippen molar-refractivity contribution in [3.63, 3.8) is 0 Å². The van der Waals surface area contributed by atoms with Gasteiger partial charge < -0.3 is 20.1 Å². The summed E-state index contributed by atoms with van der Waals surface area (Å²) in [7, 11) is 1.24. The summed E-state index contributed by atoms with van der Waals surface area (Å²) in [4.78, 5) is 40.3. The molecule has 2 aromatic carbocycles. The molecule has 3 rings (SSSR count). The van der Waals surface area contributed by atoms with Crippen molar-refractivity contribution in [3.05, 3.63) is 69.2 Å². The number of aliphatic hydroxyl groups is 1. The lowest BCUT2D eigenvalue weighted by Gasteiger charge is -2.51. The Morgan fingerprint density at radius 1 is 1.03 bits per heavy atom. The molecule has 1 aliphatic heterocycles. The maximum absolute atomic E-state index is 13.6. The van der Waals surface area contributed by atoms with E-state index in [1.165, 1.54) is 25.3 Å². The van der Waals surface area contributed by atoms with Gasteiger partial charge in [-0.3, -0.25) is 9.59 Å². The van der Waals surface area contributed by atoms with Gasteiger partial charge >= 0.3 is 5.97 Å². The van der Waals surface area contributed by atoms with Crippen LogP contribution >= 0.6 is 23.2 Å². The van der Waals surface area contributed by atoms with E-state index in [2.05, 4.69) is 5.32 Å². The molecular formula is C27H32Cl2N2O5. The molecule has 0 spiro atoms. The largest absolute Gasteiger partial charge is 0.465 e. The summed E-state index contributed by atoms with van der Waals surface area (Å²) >= 11 is 12.1. The van der Waals surface area contributed by atoms with E-state index in [0.29, 0.717) is 24.5 Å². The molecule has 1 saturated heterocycles. The molecule has 7 nitrogen and oxygen atoms in total. The number of piperidine rings is 1. The first-order valence-electron chi connectivity index (χ1n) is 11.8. The van der Waals surface area contributed by atoms with Gasteiger partial charge in [-0.1, -0.05) is 63.0 Å². The highest BCUT2D eigenvalue weighted by Gasteiger charge is 2.50. The summed E-state index contributed by atoms with van der Waals surface area (Å²) in [6, 6.07) is 10.5. The summed E-state index contributed by atoms with van der Waals surface area (Å²) < 4.78 is 4.72. The van der Waals surface area contributed by atoms with Crippen LogP contribution in [0, 0.1) is 11.3 Å². The molecule has 2 aromatic rings. The number of nitrogens with zero attached hydrogens (tertiary/aromatic N) is 1. The van der Waals surface area contributed by atoms with Crippen LogP contribution in [0.3, 0.4) is 0 Å². The third-order valence-electron chi connectivity index (χ3n) is 6.88. The van der Waals surface area contributed by atoms with Crippen LogP contribution in [-0.4, -0.2) is 54.0 Å². The van der Waals surface area contributed by atoms with Gasteiger partial charge in [0.15, 0.2) is 0 Å². The summed E-state index contributed by atoms with van der Waals surface area (Å²) in [5, 5.41) is 15.2. The minimum atomic E-state index is -1.14. The number of hydrogen-bond donors (Lipinski definition) is 2. The average molecular weight is 535 g/mol. The van der Waals surface area contributed by atoms with Gasteiger partial charge in [0.2, 0.25) is 5.91 Å². The second kappa shape index (κ2) is 10.8. The quantitative estimate of drug-likeness (QED) is 0.524. The first-order chi connectivity index (χ1) is 16.8. The number of methoxy groups -OCH3 is 1. The van der Waals surface area contributed by atoms with Gasteiger partial charge in [0.05, 0.1) is 18.3 Å². The van der Waals surface area contributed by atoms with Crippen molar-refractivity contribution in [2.24, 2.45) is 11.3 Å². The van der Waals surface area contributed by atoms with Crippen molar-refractivity contribution < 1.29 is 24.2 Å². The minimum absolute atomic E-state index is 0.141. The Morgan fingerprint density at radius 2 is 1.64 bits per heavy atom. The number of halogens is 2. The lowest BCUT2D eigenvalue weighted by Crippen LogP contribution is -2.60. The highest BCUT2D eigenvalue weighted by molar-refractivity contribution is 6.31. The van der Waals surface area contributed by atoms with Crippen LogP contribution in [-0.2, 0) is 15.1 Å². The van der Waals surface area contributed by atoms with Gasteiger partial charge in [-0.25, -0.2) is 4.79 Å².